The molecule has 0 aromatic heterocycles. The lowest BCUT2D eigenvalue weighted by atomic mass is 9.96. The van der Waals surface area contributed by atoms with Crippen LogP contribution in [0.15, 0.2) is 0 Å². The van der Waals surface area contributed by atoms with E-state index in [1.807, 2.05) is 13.8 Å². The van der Waals surface area contributed by atoms with Crippen LogP contribution in [0.5, 0.6) is 0 Å². The normalized spacial score (nSPS) is 18.1. The van der Waals surface area contributed by atoms with Gasteiger partial charge in [-0.3, -0.25) is 8.37 Å². The van der Waals surface area contributed by atoms with Crippen LogP contribution < -0.4 is 0 Å². The molecular formula is C14H30O8S2. The smallest absolute Gasteiger partial charge is 0.264 e. The van der Waals surface area contributed by atoms with Crippen molar-refractivity contribution < 1.29 is 35.4 Å². The van der Waals surface area contributed by atoms with Gasteiger partial charge in [0.1, 0.15) is 24.4 Å². The van der Waals surface area contributed by atoms with Gasteiger partial charge < -0.3 is 10.2 Å². The number of aliphatic hydroxyl groups is 2. The minimum absolute atomic E-state index is 0.209. The monoisotopic (exact) mass is 390 g/mol. The first-order chi connectivity index (χ1) is 10.9. The summed E-state index contributed by atoms with van der Waals surface area (Å²) < 4.78 is 55.2. The topological polar surface area (TPSA) is 127 Å². The lowest BCUT2D eigenvalue weighted by Gasteiger charge is -2.30. The van der Waals surface area contributed by atoms with Gasteiger partial charge in [-0.25, -0.2) is 0 Å². The molecule has 0 aliphatic rings. The Bertz CT molecular complexity index is 493. The lowest BCUT2D eigenvalue weighted by molar-refractivity contribution is -0.0920. The Morgan fingerprint density at radius 2 is 1.04 bits per heavy atom. The van der Waals surface area contributed by atoms with Crippen molar-refractivity contribution in [3.05, 3.63) is 0 Å². The van der Waals surface area contributed by atoms with Crippen LogP contribution in [0, 0.1) is 0 Å². The van der Waals surface area contributed by atoms with Gasteiger partial charge in [0.05, 0.1) is 12.5 Å². The molecule has 0 bridgehead atoms. The molecule has 2 N–H and O–H groups in total. The molecule has 24 heavy (non-hydrogen) atoms. The molecule has 8 nitrogen and oxygen atoms in total. The third-order valence-corrected chi connectivity index (χ3v) is 4.59. The molecule has 0 amide bonds. The van der Waals surface area contributed by atoms with Crippen LogP contribution in [0.1, 0.15) is 52.4 Å². The van der Waals surface area contributed by atoms with Crippen LogP contribution in [-0.4, -0.2) is 64.0 Å². The molecule has 0 saturated heterocycles. The number of hydrogen-bond acceptors (Lipinski definition) is 8. The quantitative estimate of drug-likeness (QED) is 0.442. The molecule has 0 unspecified atom stereocenters. The lowest BCUT2D eigenvalue weighted by Crippen LogP contribution is -2.47. The highest BCUT2D eigenvalue weighted by Gasteiger charge is 2.36. The van der Waals surface area contributed by atoms with Crippen LogP contribution in [0.3, 0.4) is 0 Å². The number of aliphatic hydroxyl groups excluding tert-OH is 2. The molecule has 0 aliphatic carbocycles. The predicted octanol–water partition coefficient (Wildman–Crippen LogP) is 0.778. The highest BCUT2D eigenvalue weighted by molar-refractivity contribution is 7.86. The van der Waals surface area contributed by atoms with Crippen LogP contribution in [0.2, 0.25) is 0 Å². The Kier molecular flexibility index (Phi) is 10.6. The first-order valence-corrected chi connectivity index (χ1v) is 11.7. The summed E-state index contributed by atoms with van der Waals surface area (Å²) in [5.74, 6) is 0. The minimum atomic E-state index is -3.84. The van der Waals surface area contributed by atoms with E-state index in [-0.39, 0.29) is 12.8 Å². The molecule has 0 fully saturated rings. The van der Waals surface area contributed by atoms with Crippen molar-refractivity contribution in [3.8, 4) is 0 Å². The van der Waals surface area contributed by atoms with Gasteiger partial charge >= 0.3 is 0 Å². The summed E-state index contributed by atoms with van der Waals surface area (Å²) in [6.07, 6.45) is -0.736. The molecule has 0 aromatic carbocycles. The summed E-state index contributed by atoms with van der Waals surface area (Å²) in [6.45, 7) is 3.77. The Balaban J connectivity index is 5.24. The molecule has 10 heteroatoms. The van der Waals surface area contributed by atoms with E-state index < -0.39 is 44.7 Å². The summed E-state index contributed by atoms with van der Waals surface area (Å²) in [5.41, 5.74) is 0. The van der Waals surface area contributed by atoms with Crippen LogP contribution in [0.25, 0.3) is 0 Å². The molecule has 0 heterocycles. The van der Waals surface area contributed by atoms with E-state index in [0.717, 1.165) is 25.4 Å². The fourth-order valence-electron chi connectivity index (χ4n) is 2.25. The van der Waals surface area contributed by atoms with Crippen molar-refractivity contribution in [3.63, 3.8) is 0 Å². The van der Waals surface area contributed by atoms with Gasteiger partial charge in [-0.2, -0.15) is 16.8 Å². The molecule has 0 rings (SSSR count). The molecule has 0 aliphatic heterocycles. The summed E-state index contributed by atoms with van der Waals surface area (Å²) in [4.78, 5) is 0. The second-order valence-corrected chi connectivity index (χ2v) is 9.14. The average molecular weight is 391 g/mol. The van der Waals surface area contributed by atoms with Crippen molar-refractivity contribution in [2.45, 2.75) is 76.8 Å². The number of rotatable bonds is 13. The van der Waals surface area contributed by atoms with Gasteiger partial charge in [0.2, 0.25) is 0 Å². The van der Waals surface area contributed by atoms with E-state index >= 15 is 0 Å². The Labute approximate surface area is 145 Å². The fourth-order valence-corrected chi connectivity index (χ4v) is 3.57. The predicted molar refractivity (Wildman–Crippen MR) is 90.5 cm³/mol. The van der Waals surface area contributed by atoms with E-state index in [4.69, 9.17) is 8.37 Å². The van der Waals surface area contributed by atoms with E-state index in [0.29, 0.717) is 12.8 Å². The highest BCUT2D eigenvalue weighted by Crippen LogP contribution is 2.21. The van der Waals surface area contributed by atoms with Crippen LogP contribution in [0.4, 0.5) is 0 Å². The summed E-state index contributed by atoms with van der Waals surface area (Å²) >= 11 is 0. The molecule has 0 spiro atoms. The zero-order valence-electron chi connectivity index (χ0n) is 14.7. The Morgan fingerprint density at radius 3 is 1.25 bits per heavy atom. The second kappa shape index (κ2) is 10.7. The van der Waals surface area contributed by atoms with Crippen molar-refractivity contribution in [1.29, 1.82) is 0 Å². The number of unbranched alkanes of at least 4 members (excludes halogenated alkanes) is 2. The Hall–Kier alpha value is -0.260. The maximum Gasteiger partial charge on any atom is 0.264 e. The first kappa shape index (κ1) is 23.7. The highest BCUT2D eigenvalue weighted by atomic mass is 32.2. The van der Waals surface area contributed by atoms with Gasteiger partial charge in [0, 0.05) is 0 Å². The summed E-state index contributed by atoms with van der Waals surface area (Å²) in [6, 6.07) is 0. The first-order valence-electron chi connectivity index (χ1n) is 8.04. The average Bonchev–Trinajstić information content (AvgIpc) is 2.44. The Morgan fingerprint density at radius 1 is 0.750 bits per heavy atom. The third kappa shape index (κ3) is 10.6. The zero-order chi connectivity index (χ0) is 19.0. The molecular weight excluding hydrogens is 360 g/mol. The summed E-state index contributed by atoms with van der Waals surface area (Å²) in [5, 5.41) is 20.6. The van der Waals surface area contributed by atoms with E-state index in [1.165, 1.54) is 0 Å². The molecule has 0 radical (unpaired) electrons. The van der Waals surface area contributed by atoms with E-state index in [2.05, 4.69) is 0 Å². The molecule has 146 valence electrons. The standard InChI is InChI=1S/C14H30O8S2/c1-5-7-9-11(21-23(3,17)18)13(15)14(16)12(10-8-6-2)22-24(4,19)20/h11-16H,5-10H2,1-4H3/t11-,12-,13-,14-/m1/s1. The molecule has 0 saturated carbocycles. The zero-order valence-corrected chi connectivity index (χ0v) is 16.3. The maximum atomic E-state index is 11.4. The van der Waals surface area contributed by atoms with Crippen molar-refractivity contribution in [1.82, 2.24) is 0 Å². The minimum Gasteiger partial charge on any atom is -0.388 e. The van der Waals surface area contributed by atoms with E-state index in [9.17, 15) is 27.0 Å². The summed E-state index contributed by atoms with van der Waals surface area (Å²) in [7, 11) is -7.68. The van der Waals surface area contributed by atoms with E-state index in [1.54, 1.807) is 0 Å². The van der Waals surface area contributed by atoms with Crippen LogP contribution >= 0.6 is 0 Å². The van der Waals surface area contributed by atoms with Gasteiger partial charge in [-0.1, -0.05) is 39.5 Å². The third-order valence-electron chi connectivity index (χ3n) is 3.39. The van der Waals surface area contributed by atoms with Crippen molar-refractivity contribution >= 4 is 20.2 Å². The second-order valence-electron chi connectivity index (χ2n) is 5.94. The van der Waals surface area contributed by atoms with Gasteiger partial charge in [-0.05, 0) is 12.8 Å². The van der Waals surface area contributed by atoms with Crippen molar-refractivity contribution in [2.24, 2.45) is 0 Å². The maximum absolute atomic E-state index is 11.4. The molecule has 4 atom stereocenters. The molecule has 0 aromatic rings. The number of hydrogen-bond donors (Lipinski definition) is 2. The van der Waals surface area contributed by atoms with Crippen molar-refractivity contribution in [2.75, 3.05) is 12.5 Å². The fraction of sp³-hybridized carbons (Fsp3) is 1.00. The van der Waals surface area contributed by atoms with Gasteiger partial charge in [-0.15, -0.1) is 0 Å². The SMILES string of the molecule is CCCC[C@@H](OS(C)(=O)=O)[C@@H](O)[C@H](O)[C@@H](CCCC)OS(C)(=O)=O. The van der Waals surface area contributed by atoms with Crippen LogP contribution in [-0.2, 0) is 28.6 Å². The van der Waals surface area contributed by atoms with Gasteiger partial charge in [0.25, 0.3) is 20.2 Å². The largest absolute Gasteiger partial charge is 0.388 e. The van der Waals surface area contributed by atoms with Gasteiger partial charge in [0.15, 0.2) is 0 Å².